The zero-order valence-electron chi connectivity index (χ0n) is 9.37. The van der Waals surface area contributed by atoms with E-state index in [4.69, 9.17) is 16.0 Å². The van der Waals surface area contributed by atoms with Gasteiger partial charge in [0.2, 0.25) is 0 Å². The summed E-state index contributed by atoms with van der Waals surface area (Å²) in [6.45, 7) is 2.19. The van der Waals surface area contributed by atoms with Gasteiger partial charge in [0, 0.05) is 6.42 Å². The van der Waals surface area contributed by atoms with Crippen molar-refractivity contribution in [1.29, 1.82) is 0 Å². The van der Waals surface area contributed by atoms with Crippen LogP contribution in [-0.2, 0) is 12.8 Å². The zero-order chi connectivity index (χ0) is 11.4. The molecule has 2 rings (SSSR count). The molecule has 0 N–H and O–H groups in total. The summed E-state index contributed by atoms with van der Waals surface area (Å²) in [5, 5.41) is 0.456. The van der Waals surface area contributed by atoms with Crippen LogP contribution >= 0.6 is 11.6 Å². The summed E-state index contributed by atoms with van der Waals surface area (Å²) in [5.74, 6) is 0.910. The maximum Gasteiger partial charge on any atom is 0.193 e. The number of halogens is 1. The fourth-order valence-electron chi connectivity index (χ4n) is 1.76. The Hall–Kier alpha value is -1.21. The number of hydrogen-bond donors (Lipinski definition) is 0. The summed E-state index contributed by atoms with van der Waals surface area (Å²) >= 11 is 5.73. The molecule has 0 fully saturated rings. The maximum absolute atomic E-state index is 5.73. The Labute approximate surface area is 101 Å². The first kappa shape index (κ1) is 11.3. The molecule has 1 heterocycles. The molecule has 2 aromatic rings. The van der Waals surface area contributed by atoms with Crippen molar-refractivity contribution in [3.05, 3.63) is 58.5 Å². The fraction of sp³-hybridized carbons (Fsp3) is 0.286. The van der Waals surface area contributed by atoms with Crippen LogP contribution in [0, 0.1) is 0 Å². The molecule has 84 valence electrons. The highest BCUT2D eigenvalue weighted by atomic mass is 35.5. The molecule has 0 unspecified atom stereocenters. The van der Waals surface area contributed by atoms with E-state index in [9.17, 15) is 0 Å². The third-order valence-electron chi connectivity index (χ3n) is 2.57. The van der Waals surface area contributed by atoms with Gasteiger partial charge < -0.3 is 4.42 Å². The van der Waals surface area contributed by atoms with Crippen molar-refractivity contribution < 1.29 is 4.42 Å². The molecule has 0 bridgehead atoms. The number of rotatable bonds is 4. The molecule has 1 aromatic heterocycles. The van der Waals surface area contributed by atoms with Crippen molar-refractivity contribution in [2.75, 3.05) is 0 Å². The molecule has 16 heavy (non-hydrogen) atoms. The van der Waals surface area contributed by atoms with E-state index < -0.39 is 0 Å². The van der Waals surface area contributed by atoms with Crippen LogP contribution < -0.4 is 0 Å². The normalized spacial score (nSPS) is 10.6. The molecule has 0 amide bonds. The predicted molar refractivity (Wildman–Crippen MR) is 67.0 cm³/mol. The first-order valence-electron chi connectivity index (χ1n) is 5.60. The van der Waals surface area contributed by atoms with E-state index in [0.717, 1.165) is 18.6 Å². The van der Waals surface area contributed by atoms with Gasteiger partial charge in [-0.05, 0) is 41.3 Å². The quantitative estimate of drug-likeness (QED) is 0.761. The van der Waals surface area contributed by atoms with Gasteiger partial charge in [0.25, 0.3) is 0 Å². The van der Waals surface area contributed by atoms with Crippen molar-refractivity contribution in [2.24, 2.45) is 0 Å². The summed E-state index contributed by atoms with van der Waals surface area (Å²) in [7, 11) is 0. The average Bonchev–Trinajstić information content (AvgIpc) is 2.67. The van der Waals surface area contributed by atoms with Crippen LogP contribution in [0.25, 0.3) is 0 Å². The second-order valence-corrected chi connectivity index (χ2v) is 4.32. The van der Waals surface area contributed by atoms with Gasteiger partial charge in [0.05, 0.1) is 0 Å². The molecular formula is C14H15ClO. The van der Waals surface area contributed by atoms with Gasteiger partial charge >= 0.3 is 0 Å². The van der Waals surface area contributed by atoms with Gasteiger partial charge in [-0.2, -0.15) is 0 Å². The maximum atomic E-state index is 5.73. The molecule has 1 nitrogen and oxygen atoms in total. The minimum Gasteiger partial charge on any atom is -0.449 e. The molecule has 0 atom stereocenters. The van der Waals surface area contributed by atoms with Crippen LogP contribution in [0.2, 0.25) is 5.22 Å². The Kier molecular flexibility index (Phi) is 3.68. The lowest BCUT2D eigenvalue weighted by molar-refractivity contribution is 0.523. The van der Waals surface area contributed by atoms with Crippen LogP contribution in [-0.4, -0.2) is 0 Å². The second-order valence-electron chi connectivity index (χ2n) is 3.95. The molecule has 2 heteroatoms. The first-order valence-corrected chi connectivity index (χ1v) is 5.98. The Morgan fingerprint density at radius 1 is 1.00 bits per heavy atom. The second kappa shape index (κ2) is 5.22. The fourth-order valence-corrected chi connectivity index (χ4v) is 1.92. The molecule has 1 aromatic carbocycles. The molecule has 0 aliphatic heterocycles. The number of aryl methyl sites for hydroxylation is 1. The van der Waals surface area contributed by atoms with Gasteiger partial charge in [-0.25, -0.2) is 0 Å². The van der Waals surface area contributed by atoms with Crippen molar-refractivity contribution in [3.63, 3.8) is 0 Å². The highest BCUT2D eigenvalue weighted by Gasteiger charge is 2.01. The Morgan fingerprint density at radius 2 is 1.69 bits per heavy atom. The standard InChI is InChI=1S/C14H15ClO/c1-2-3-11-4-6-12(7-5-11)10-13-8-9-14(15)16-13/h4-9H,2-3,10H2,1H3. The van der Waals surface area contributed by atoms with Crippen LogP contribution in [0.5, 0.6) is 0 Å². The molecule has 0 spiro atoms. The average molecular weight is 235 g/mol. The highest BCUT2D eigenvalue weighted by Crippen LogP contribution is 2.17. The van der Waals surface area contributed by atoms with Crippen molar-refractivity contribution in [3.8, 4) is 0 Å². The predicted octanol–water partition coefficient (Wildman–Crippen LogP) is 4.48. The summed E-state index contributed by atoms with van der Waals surface area (Å²) < 4.78 is 5.33. The summed E-state index contributed by atoms with van der Waals surface area (Å²) in [6, 6.07) is 12.4. The molecule has 0 aliphatic carbocycles. The van der Waals surface area contributed by atoms with Crippen LogP contribution in [0.3, 0.4) is 0 Å². The van der Waals surface area contributed by atoms with Crippen LogP contribution in [0.1, 0.15) is 30.2 Å². The molecule has 0 radical (unpaired) electrons. The van der Waals surface area contributed by atoms with E-state index in [1.54, 1.807) is 6.07 Å². The van der Waals surface area contributed by atoms with E-state index in [1.165, 1.54) is 17.5 Å². The molecular weight excluding hydrogens is 220 g/mol. The van der Waals surface area contributed by atoms with E-state index in [1.807, 2.05) is 6.07 Å². The number of benzene rings is 1. The summed E-state index contributed by atoms with van der Waals surface area (Å²) in [6.07, 6.45) is 3.14. The number of hydrogen-bond acceptors (Lipinski definition) is 1. The molecule has 0 aliphatic rings. The van der Waals surface area contributed by atoms with Crippen molar-refractivity contribution in [2.45, 2.75) is 26.2 Å². The topological polar surface area (TPSA) is 13.1 Å². The highest BCUT2D eigenvalue weighted by molar-refractivity contribution is 6.28. The Morgan fingerprint density at radius 3 is 2.25 bits per heavy atom. The SMILES string of the molecule is CCCc1ccc(Cc2ccc(Cl)o2)cc1. The van der Waals surface area contributed by atoms with Gasteiger partial charge in [-0.3, -0.25) is 0 Å². The lowest BCUT2D eigenvalue weighted by atomic mass is 10.1. The Balaban J connectivity index is 2.05. The van der Waals surface area contributed by atoms with E-state index in [2.05, 4.69) is 31.2 Å². The monoisotopic (exact) mass is 234 g/mol. The van der Waals surface area contributed by atoms with Crippen LogP contribution in [0.15, 0.2) is 40.8 Å². The zero-order valence-corrected chi connectivity index (χ0v) is 10.1. The minimum absolute atomic E-state index is 0.456. The third kappa shape index (κ3) is 2.89. The lowest BCUT2D eigenvalue weighted by Gasteiger charge is -2.01. The summed E-state index contributed by atoms with van der Waals surface area (Å²) in [5.41, 5.74) is 2.65. The lowest BCUT2D eigenvalue weighted by Crippen LogP contribution is -1.87. The molecule has 0 saturated heterocycles. The minimum atomic E-state index is 0.456. The van der Waals surface area contributed by atoms with Gasteiger partial charge in [-0.15, -0.1) is 0 Å². The summed E-state index contributed by atoms with van der Waals surface area (Å²) in [4.78, 5) is 0. The van der Waals surface area contributed by atoms with E-state index >= 15 is 0 Å². The van der Waals surface area contributed by atoms with Crippen molar-refractivity contribution in [1.82, 2.24) is 0 Å². The van der Waals surface area contributed by atoms with E-state index in [0.29, 0.717) is 5.22 Å². The molecule has 0 saturated carbocycles. The smallest absolute Gasteiger partial charge is 0.193 e. The first-order chi connectivity index (χ1) is 7.78. The number of furan rings is 1. The third-order valence-corrected chi connectivity index (χ3v) is 2.77. The van der Waals surface area contributed by atoms with Gasteiger partial charge in [0.15, 0.2) is 5.22 Å². The largest absolute Gasteiger partial charge is 0.449 e. The van der Waals surface area contributed by atoms with Crippen LogP contribution in [0.4, 0.5) is 0 Å². The van der Waals surface area contributed by atoms with Crippen molar-refractivity contribution >= 4 is 11.6 Å². The van der Waals surface area contributed by atoms with E-state index in [-0.39, 0.29) is 0 Å². The van der Waals surface area contributed by atoms with Gasteiger partial charge in [0.1, 0.15) is 5.76 Å². The van der Waals surface area contributed by atoms with Gasteiger partial charge in [-0.1, -0.05) is 37.6 Å². The Bertz CT molecular complexity index is 442.